The molecule has 0 heterocycles. The van der Waals surface area contributed by atoms with Crippen molar-refractivity contribution in [3.05, 3.63) is 28.8 Å². The van der Waals surface area contributed by atoms with Gasteiger partial charge >= 0.3 is 0 Å². The van der Waals surface area contributed by atoms with Gasteiger partial charge in [-0.2, -0.15) is 0 Å². The number of ether oxygens (including phenoxy) is 1. The predicted molar refractivity (Wildman–Crippen MR) is 65.7 cm³/mol. The maximum Gasteiger partial charge on any atom is 0.122 e. The normalized spacial score (nSPS) is 10.4. The molecule has 0 spiro atoms. The van der Waals surface area contributed by atoms with Gasteiger partial charge in [-0.15, -0.1) is 0 Å². The molecule has 0 fully saturated rings. The number of methoxy groups -OCH3 is 1. The number of hydrogen-bond donors (Lipinski definition) is 0. The standard InChI is InChI=1S/C14H22O/c1-5-6-7-8-13-9-11(2)12(3)14(10-13)15-4/h9-10H,5-8H2,1-4H3. The van der Waals surface area contributed by atoms with Gasteiger partial charge in [0.05, 0.1) is 7.11 Å². The van der Waals surface area contributed by atoms with Gasteiger partial charge in [-0.1, -0.05) is 25.8 Å². The van der Waals surface area contributed by atoms with Gasteiger partial charge in [0.15, 0.2) is 0 Å². The molecule has 0 aliphatic rings. The highest BCUT2D eigenvalue weighted by atomic mass is 16.5. The SMILES string of the molecule is CCCCCc1cc(C)c(C)c(OC)c1. The van der Waals surface area contributed by atoms with Crippen LogP contribution in [0.25, 0.3) is 0 Å². The molecule has 0 aromatic heterocycles. The number of unbranched alkanes of at least 4 members (excludes halogenated alkanes) is 2. The fourth-order valence-electron chi connectivity index (χ4n) is 1.83. The third-order valence-electron chi connectivity index (χ3n) is 2.97. The number of rotatable bonds is 5. The lowest BCUT2D eigenvalue weighted by Crippen LogP contribution is -1.94. The predicted octanol–water partition coefficient (Wildman–Crippen LogP) is 4.04. The zero-order valence-corrected chi connectivity index (χ0v) is 10.4. The molecule has 0 unspecified atom stereocenters. The molecule has 1 nitrogen and oxygen atoms in total. The van der Waals surface area contributed by atoms with Gasteiger partial charge in [0.2, 0.25) is 0 Å². The molecular weight excluding hydrogens is 184 g/mol. The smallest absolute Gasteiger partial charge is 0.122 e. The summed E-state index contributed by atoms with van der Waals surface area (Å²) >= 11 is 0. The van der Waals surface area contributed by atoms with Crippen molar-refractivity contribution in [2.45, 2.75) is 46.5 Å². The van der Waals surface area contributed by atoms with Crippen molar-refractivity contribution in [1.82, 2.24) is 0 Å². The van der Waals surface area contributed by atoms with Gasteiger partial charge in [0.1, 0.15) is 5.75 Å². The summed E-state index contributed by atoms with van der Waals surface area (Å²) in [7, 11) is 1.75. The minimum absolute atomic E-state index is 1.03. The second-order valence-corrected chi connectivity index (χ2v) is 4.20. The molecule has 1 rings (SSSR count). The summed E-state index contributed by atoms with van der Waals surface area (Å²) in [5, 5.41) is 0. The van der Waals surface area contributed by atoms with Crippen LogP contribution in [0.1, 0.15) is 42.9 Å². The van der Waals surface area contributed by atoms with E-state index in [1.165, 1.54) is 42.4 Å². The largest absolute Gasteiger partial charge is 0.496 e. The van der Waals surface area contributed by atoms with Crippen LogP contribution in [0.3, 0.4) is 0 Å². The fourth-order valence-corrected chi connectivity index (χ4v) is 1.83. The van der Waals surface area contributed by atoms with Crippen molar-refractivity contribution < 1.29 is 4.74 Å². The van der Waals surface area contributed by atoms with E-state index >= 15 is 0 Å². The van der Waals surface area contributed by atoms with Crippen molar-refractivity contribution in [3.8, 4) is 5.75 Å². The maximum absolute atomic E-state index is 5.37. The van der Waals surface area contributed by atoms with Crippen LogP contribution >= 0.6 is 0 Å². The van der Waals surface area contributed by atoms with E-state index in [2.05, 4.69) is 32.9 Å². The summed E-state index contributed by atoms with van der Waals surface area (Å²) in [6, 6.07) is 4.46. The molecular formula is C14H22O. The summed E-state index contributed by atoms with van der Waals surface area (Å²) in [5.74, 6) is 1.03. The average molecular weight is 206 g/mol. The molecule has 0 bridgehead atoms. The molecule has 0 radical (unpaired) electrons. The molecule has 84 valence electrons. The molecule has 1 aromatic carbocycles. The lowest BCUT2D eigenvalue weighted by Gasteiger charge is -2.10. The second-order valence-electron chi connectivity index (χ2n) is 4.20. The maximum atomic E-state index is 5.37. The van der Waals surface area contributed by atoms with Crippen molar-refractivity contribution in [2.75, 3.05) is 7.11 Å². The summed E-state index contributed by atoms with van der Waals surface area (Å²) in [6.07, 6.45) is 5.05. The van der Waals surface area contributed by atoms with Crippen molar-refractivity contribution >= 4 is 0 Å². The lowest BCUT2D eigenvalue weighted by molar-refractivity contribution is 0.410. The third-order valence-corrected chi connectivity index (χ3v) is 2.97. The molecule has 0 aliphatic heterocycles. The third kappa shape index (κ3) is 3.26. The van der Waals surface area contributed by atoms with Crippen molar-refractivity contribution in [3.63, 3.8) is 0 Å². The summed E-state index contributed by atoms with van der Waals surface area (Å²) in [6.45, 7) is 6.51. The van der Waals surface area contributed by atoms with Gasteiger partial charge in [-0.05, 0) is 49.4 Å². The van der Waals surface area contributed by atoms with Gasteiger partial charge < -0.3 is 4.74 Å². The van der Waals surface area contributed by atoms with E-state index in [9.17, 15) is 0 Å². The average Bonchev–Trinajstić information content (AvgIpc) is 2.23. The summed E-state index contributed by atoms with van der Waals surface area (Å²) < 4.78 is 5.37. The molecule has 0 amide bonds. The van der Waals surface area contributed by atoms with Crippen LogP contribution in [0.5, 0.6) is 5.75 Å². The van der Waals surface area contributed by atoms with E-state index in [0.717, 1.165) is 5.75 Å². The Hall–Kier alpha value is -0.980. The number of aryl methyl sites for hydroxylation is 2. The molecule has 1 heteroatoms. The zero-order valence-electron chi connectivity index (χ0n) is 10.4. The Kier molecular flexibility index (Phi) is 4.67. The second kappa shape index (κ2) is 5.79. The quantitative estimate of drug-likeness (QED) is 0.660. The minimum atomic E-state index is 1.03. The first kappa shape index (κ1) is 12.1. The fraction of sp³-hybridized carbons (Fsp3) is 0.571. The van der Waals surface area contributed by atoms with Crippen LogP contribution in [-0.4, -0.2) is 7.11 Å². The van der Waals surface area contributed by atoms with Gasteiger partial charge in [-0.25, -0.2) is 0 Å². The van der Waals surface area contributed by atoms with E-state index in [1.54, 1.807) is 7.11 Å². The Morgan fingerprint density at radius 3 is 2.47 bits per heavy atom. The van der Waals surface area contributed by atoms with E-state index in [0.29, 0.717) is 0 Å². The van der Waals surface area contributed by atoms with Crippen LogP contribution in [-0.2, 0) is 6.42 Å². The highest BCUT2D eigenvalue weighted by Crippen LogP contribution is 2.24. The topological polar surface area (TPSA) is 9.23 Å². The highest BCUT2D eigenvalue weighted by Gasteiger charge is 2.04. The van der Waals surface area contributed by atoms with E-state index in [4.69, 9.17) is 4.74 Å². The molecule has 1 aromatic rings. The molecule has 0 aliphatic carbocycles. The molecule has 0 atom stereocenters. The van der Waals surface area contributed by atoms with Gasteiger partial charge in [-0.3, -0.25) is 0 Å². The van der Waals surface area contributed by atoms with E-state index in [-0.39, 0.29) is 0 Å². The van der Waals surface area contributed by atoms with E-state index in [1.807, 2.05) is 0 Å². The first-order valence-corrected chi connectivity index (χ1v) is 5.83. The Morgan fingerprint density at radius 2 is 1.87 bits per heavy atom. The number of benzene rings is 1. The Bertz CT molecular complexity index is 315. The zero-order chi connectivity index (χ0) is 11.3. The van der Waals surface area contributed by atoms with Crippen LogP contribution in [0.2, 0.25) is 0 Å². The van der Waals surface area contributed by atoms with Crippen LogP contribution in [0.4, 0.5) is 0 Å². The highest BCUT2D eigenvalue weighted by molar-refractivity contribution is 5.42. The Balaban J connectivity index is 2.77. The lowest BCUT2D eigenvalue weighted by atomic mass is 10.0. The summed E-state index contributed by atoms with van der Waals surface area (Å²) in [4.78, 5) is 0. The van der Waals surface area contributed by atoms with E-state index < -0.39 is 0 Å². The summed E-state index contributed by atoms with van der Waals surface area (Å²) in [5.41, 5.74) is 4.00. The van der Waals surface area contributed by atoms with Gasteiger partial charge in [0, 0.05) is 0 Å². The first-order chi connectivity index (χ1) is 7.19. The Morgan fingerprint density at radius 1 is 1.13 bits per heavy atom. The van der Waals surface area contributed by atoms with Crippen LogP contribution in [0.15, 0.2) is 12.1 Å². The first-order valence-electron chi connectivity index (χ1n) is 5.83. The number of hydrogen-bond acceptors (Lipinski definition) is 1. The van der Waals surface area contributed by atoms with Crippen molar-refractivity contribution in [1.29, 1.82) is 0 Å². The van der Waals surface area contributed by atoms with Crippen LogP contribution in [0, 0.1) is 13.8 Å². The molecule has 0 saturated carbocycles. The molecule has 15 heavy (non-hydrogen) atoms. The van der Waals surface area contributed by atoms with Crippen LogP contribution < -0.4 is 4.74 Å². The van der Waals surface area contributed by atoms with Crippen molar-refractivity contribution in [2.24, 2.45) is 0 Å². The molecule has 0 N–H and O–H groups in total. The monoisotopic (exact) mass is 206 g/mol. The Labute approximate surface area is 93.5 Å². The van der Waals surface area contributed by atoms with Gasteiger partial charge in [0.25, 0.3) is 0 Å². The minimum Gasteiger partial charge on any atom is -0.496 e. The molecule has 0 saturated heterocycles.